The monoisotopic (exact) mass is 183 g/mol. The molecule has 0 bridgehead atoms. The molecule has 0 amide bonds. The quantitative estimate of drug-likeness (QED) is 0.580. The fraction of sp³-hybridized carbons (Fsp3) is 0.375. The van der Waals surface area contributed by atoms with E-state index in [1.165, 1.54) is 4.90 Å². The summed E-state index contributed by atoms with van der Waals surface area (Å²) in [6, 6.07) is 0. The molecule has 1 aliphatic rings. The largest absolute Gasteiger partial charge is 0.477 e. The van der Waals surface area contributed by atoms with Crippen LogP contribution in [-0.2, 0) is 14.4 Å². The summed E-state index contributed by atoms with van der Waals surface area (Å²) in [5.74, 6) is -2.48. The maximum atomic E-state index is 10.9. The molecular weight excluding hydrogens is 174 g/mol. The Morgan fingerprint density at radius 3 is 2.69 bits per heavy atom. The molecule has 0 saturated carbocycles. The predicted molar refractivity (Wildman–Crippen MR) is 43.0 cm³/mol. The summed E-state index contributed by atoms with van der Waals surface area (Å²) < 4.78 is 0. The van der Waals surface area contributed by atoms with Gasteiger partial charge in [0.25, 0.3) is 0 Å². The Morgan fingerprint density at radius 2 is 2.23 bits per heavy atom. The highest BCUT2D eigenvalue weighted by atomic mass is 16.4. The highest BCUT2D eigenvalue weighted by molar-refractivity contribution is 6.43. The Balaban J connectivity index is 3.01. The van der Waals surface area contributed by atoms with Gasteiger partial charge in [0.15, 0.2) is 0 Å². The second kappa shape index (κ2) is 3.38. The zero-order valence-corrected chi connectivity index (χ0v) is 7.11. The maximum absolute atomic E-state index is 10.9. The SMILES string of the molecule is CCN1CC(=O)C(=O)C=C1C(=O)O. The topological polar surface area (TPSA) is 74.7 Å². The minimum atomic E-state index is -1.18. The number of Topliss-reactive ketones (excluding diaryl/α,β-unsaturated/α-hetero) is 1. The third kappa shape index (κ3) is 1.74. The number of aliphatic carboxylic acids is 1. The van der Waals surface area contributed by atoms with Gasteiger partial charge in [0, 0.05) is 12.6 Å². The van der Waals surface area contributed by atoms with E-state index in [1.54, 1.807) is 6.92 Å². The summed E-state index contributed by atoms with van der Waals surface area (Å²) >= 11 is 0. The molecule has 1 aliphatic heterocycles. The molecule has 1 rings (SSSR count). The van der Waals surface area contributed by atoms with Crippen molar-refractivity contribution in [3.63, 3.8) is 0 Å². The molecule has 0 aromatic heterocycles. The fourth-order valence-electron chi connectivity index (χ4n) is 1.11. The molecule has 0 aliphatic carbocycles. The standard InChI is InChI=1S/C8H9NO4/c1-2-9-4-7(11)6(10)3-5(9)8(12)13/h3H,2,4H2,1H3,(H,12,13). The lowest BCUT2D eigenvalue weighted by molar-refractivity contribution is -0.138. The van der Waals surface area contributed by atoms with E-state index in [2.05, 4.69) is 0 Å². The van der Waals surface area contributed by atoms with Gasteiger partial charge in [-0.05, 0) is 6.92 Å². The van der Waals surface area contributed by atoms with E-state index >= 15 is 0 Å². The van der Waals surface area contributed by atoms with Crippen LogP contribution in [0.2, 0.25) is 0 Å². The Kier molecular flexibility index (Phi) is 2.46. The summed E-state index contributed by atoms with van der Waals surface area (Å²) in [4.78, 5) is 33.7. The number of ketones is 2. The smallest absolute Gasteiger partial charge is 0.352 e. The molecule has 5 heteroatoms. The van der Waals surface area contributed by atoms with Crippen molar-refractivity contribution in [1.82, 2.24) is 4.90 Å². The Morgan fingerprint density at radius 1 is 1.62 bits per heavy atom. The number of carbonyl (C=O) groups excluding carboxylic acids is 2. The highest BCUT2D eigenvalue weighted by Crippen LogP contribution is 2.09. The van der Waals surface area contributed by atoms with Crippen molar-refractivity contribution in [3.8, 4) is 0 Å². The number of carboxylic acid groups (broad SMARTS) is 1. The van der Waals surface area contributed by atoms with Gasteiger partial charge in [-0.25, -0.2) is 4.79 Å². The average molecular weight is 183 g/mol. The molecule has 0 unspecified atom stereocenters. The first-order valence-electron chi connectivity index (χ1n) is 3.83. The number of carbonyl (C=O) groups is 3. The van der Waals surface area contributed by atoms with Gasteiger partial charge in [-0.1, -0.05) is 0 Å². The first kappa shape index (κ1) is 9.44. The van der Waals surface area contributed by atoms with Gasteiger partial charge in [-0.15, -0.1) is 0 Å². The molecule has 70 valence electrons. The molecular formula is C8H9NO4. The van der Waals surface area contributed by atoms with E-state index in [-0.39, 0.29) is 12.2 Å². The molecule has 0 spiro atoms. The van der Waals surface area contributed by atoms with Crippen LogP contribution in [0.3, 0.4) is 0 Å². The van der Waals surface area contributed by atoms with Crippen LogP contribution in [0.4, 0.5) is 0 Å². The molecule has 0 fully saturated rings. The molecule has 0 atom stereocenters. The Labute approximate surface area is 74.6 Å². The van der Waals surface area contributed by atoms with E-state index in [0.717, 1.165) is 6.08 Å². The molecule has 1 heterocycles. The zero-order chi connectivity index (χ0) is 10.0. The van der Waals surface area contributed by atoms with Crippen LogP contribution < -0.4 is 0 Å². The number of rotatable bonds is 2. The number of allylic oxidation sites excluding steroid dienone is 1. The highest BCUT2D eigenvalue weighted by Gasteiger charge is 2.27. The minimum absolute atomic E-state index is 0.105. The Bertz CT molecular complexity index is 305. The summed E-state index contributed by atoms with van der Waals surface area (Å²) in [5, 5.41) is 8.67. The lowest BCUT2D eigenvalue weighted by atomic mass is 10.1. The van der Waals surface area contributed by atoms with Gasteiger partial charge in [-0.2, -0.15) is 0 Å². The molecule has 1 N–H and O–H groups in total. The number of carboxylic acids is 1. The lowest BCUT2D eigenvalue weighted by Crippen LogP contribution is -2.39. The van der Waals surface area contributed by atoms with E-state index in [0.29, 0.717) is 6.54 Å². The molecule has 0 aromatic carbocycles. The van der Waals surface area contributed by atoms with Crippen LogP contribution in [0.5, 0.6) is 0 Å². The molecule has 0 saturated heterocycles. The normalized spacial score (nSPS) is 17.3. The number of hydrogen-bond acceptors (Lipinski definition) is 4. The van der Waals surface area contributed by atoms with Crippen molar-refractivity contribution in [1.29, 1.82) is 0 Å². The second-order valence-electron chi connectivity index (χ2n) is 2.64. The zero-order valence-electron chi connectivity index (χ0n) is 7.11. The number of likely N-dealkylation sites (N-methyl/N-ethyl adjacent to an activating group) is 1. The van der Waals surface area contributed by atoms with Crippen molar-refractivity contribution in [2.45, 2.75) is 6.92 Å². The van der Waals surface area contributed by atoms with Crippen LogP contribution in [-0.4, -0.2) is 40.6 Å². The third-order valence-electron chi connectivity index (χ3n) is 1.82. The van der Waals surface area contributed by atoms with E-state index in [9.17, 15) is 14.4 Å². The van der Waals surface area contributed by atoms with Crippen LogP contribution in [0.15, 0.2) is 11.8 Å². The first-order valence-corrected chi connectivity index (χ1v) is 3.83. The van der Waals surface area contributed by atoms with Gasteiger partial charge in [0.2, 0.25) is 11.6 Å². The van der Waals surface area contributed by atoms with Crippen LogP contribution >= 0.6 is 0 Å². The maximum Gasteiger partial charge on any atom is 0.352 e. The van der Waals surface area contributed by atoms with Gasteiger partial charge in [0.1, 0.15) is 5.70 Å². The molecule has 0 aromatic rings. The fourth-order valence-corrected chi connectivity index (χ4v) is 1.11. The van der Waals surface area contributed by atoms with E-state index in [1.807, 2.05) is 0 Å². The Hall–Kier alpha value is -1.65. The van der Waals surface area contributed by atoms with Crippen molar-refractivity contribution in [2.24, 2.45) is 0 Å². The van der Waals surface area contributed by atoms with Gasteiger partial charge < -0.3 is 10.0 Å². The minimum Gasteiger partial charge on any atom is -0.477 e. The van der Waals surface area contributed by atoms with Crippen molar-refractivity contribution < 1.29 is 19.5 Å². The summed E-state index contributed by atoms with van der Waals surface area (Å²) in [5.41, 5.74) is -0.105. The van der Waals surface area contributed by atoms with Crippen molar-refractivity contribution in [2.75, 3.05) is 13.1 Å². The van der Waals surface area contributed by atoms with Crippen LogP contribution in [0.1, 0.15) is 6.92 Å². The van der Waals surface area contributed by atoms with Gasteiger partial charge in [0.05, 0.1) is 6.54 Å². The van der Waals surface area contributed by atoms with E-state index in [4.69, 9.17) is 5.11 Å². The molecule has 5 nitrogen and oxygen atoms in total. The molecule has 13 heavy (non-hydrogen) atoms. The summed E-state index contributed by atoms with van der Waals surface area (Å²) in [6.45, 7) is 1.99. The van der Waals surface area contributed by atoms with Crippen LogP contribution in [0.25, 0.3) is 0 Å². The average Bonchev–Trinajstić information content (AvgIpc) is 2.08. The lowest BCUT2D eigenvalue weighted by Gasteiger charge is -2.24. The van der Waals surface area contributed by atoms with Gasteiger partial charge in [-0.3, -0.25) is 9.59 Å². The van der Waals surface area contributed by atoms with E-state index < -0.39 is 17.5 Å². The van der Waals surface area contributed by atoms with Crippen molar-refractivity contribution >= 4 is 17.5 Å². The summed E-state index contributed by atoms with van der Waals surface area (Å²) in [6.07, 6.45) is 0.873. The number of hydrogen-bond donors (Lipinski definition) is 1. The third-order valence-corrected chi connectivity index (χ3v) is 1.82. The van der Waals surface area contributed by atoms with Crippen LogP contribution in [0, 0.1) is 0 Å². The predicted octanol–water partition coefficient (Wildman–Crippen LogP) is -0.571. The first-order chi connectivity index (χ1) is 6.06. The molecule has 0 radical (unpaired) electrons. The van der Waals surface area contributed by atoms with Crippen molar-refractivity contribution in [3.05, 3.63) is 11.8 Å². The summed E-state index contributed by atoms with van der Waals surface area (Å²) in [7, 11) is 0. The second-order valence-corrected chi connectivity index (χ2v) is 2.64. The van der Waals surface area contributed by atoms with Gasteiger partial charge >= 0.3 is 5.97 Å². The number of nitrogens with zero attached hydrogens (tertiary/aromatic N) is 1.